The Morgan fingerprint density at radius 2 is 2.04 bits per heavy atom. The predicted octanol–water partition coefficient (Wildman–Crippen LogP) is 4.55. The third-order valence-electron chi connectivity index (χ3n) is 3.68. The number of hydrogen-bond donors (Lipinski definition) is 2. The highest BCUT2D eigenvalue weighted by atomic mass is 35.5. The number of thioether (sulfide) groups is 1. The zero-order valence-electron chi connectivity index (χ0n) is 13.8. The van der Waals surface area contributed by atoms with Crippen molar-refractivity contribution >= 4 is 63.3 Å². The minimum Gasteiger partial charge on any atom is -0.326 e. The molecule has 8 heteroatoms. The van der Waals surface area contributed by atoms with Gasteiger partial charge in [0.1, 0.15) is 5.25 Å². The number of carbonyl (C=O) groups excluding carboxylic acids is 2. The summed E-state index contributed by atoms with van der Waals surface area (Å²) in [5.74, 6) is -0.495. The number of benzene rings is 2. The molecule has 0 radical (unpaired) electrons. The Morgan fingerprint density at radius 1 is 1.27 bits per heavy atom. The summed E-state index contributed by atoms with van der Waals surface area (Å²) < 4.78 is 0. The number of aryl methyl sites for hydroxylation is 1. The first-order valence-corrected chi connectivity index (χ1v) is 9.42. The van der Waals surface area contributed by atoms with Crippen molar-refractivity contribution in [2.45, 2.75) is 18.6 Å². The molecule has 0 saturated carbocycles. The van der Waals surface area contributed by atoms with Crippen LogP contribution in [0.25, 0.3) is 0 Å². The van der Waals surface area contributed by atoms with Gasteiger partial charge in [0.15, 0.2) is 5.17 Å². The molecule has 26 heavy (non-hydrogen) atoms. The molecule has 1 heterocycles. The van der Waals surface area contributed by atoms with Crippen molar-refractivity contribution in [3.63, 3.8) is 0 Å². The zero-order chi connectivity index (χ0) is 18.7. The molecule has 5 nitrogen and oxygen atoms in total. The standard InChI is InChI=1S/C18H15Cl2N3O2S/c1-10-8-11(19)6-7-13(10)21-16(24)9-15-17(25)23-18(26-15)22-14-5-3-2-4-12(14)20/h2-8,15H,9H2,1H3,(H,21,24)(H,22,23,25)/t15-/m1/s1. The molecule has 0 bridgehead atoms. The summed E-state index contributed by atoms with van der Waals surface area (Å²) in [6.07, 6.45) is 0.0418. The van der Waals surface area contributed by atoms with Gasteiger partial charge in [-0.1, -0.05) is 47.1 Å². The molecule has 1 atom stereocenters. The molecular weight excluding hydrogens is 393 g/mol. The average Bonchev–Trinajstić information content (AvgIpc) is 2.92. The van der Waals surface area contributed by atoms with Crippen LogP contribution >= 0.6 is 35.0 Å². The van der Waals surface area contributed by atoms with E-state index in [-0.39, 0.29) is 18.2 Å². The highest BCUT2D eigenvalue weighted by Crippen LogP contribution is 2.29. The normalized spacial score (nSPS) is 18.0. The molecule has 0 aliphatic carbocycles. The van der Waals surface area contributed by atoms with E-state index in [0.29, 0.717) is 26.6 Å². The van der Waals surface area contributed by atoms with Crippen LogP contribution in [0.4, 0.5) is 11.4 Å². The molecule has 0 aromatic heterocycles. The van der Waals surface area contributed by atoms with E-state index >= 15 is 0 Å². The Kier molecular flexibility index (Phi) is 5.86. The first kappa shape index (κ1) is 18.8. The monoisotopic (exact) mass is 407 g/mol. The predicted molar refractivity (Wildman–Crippen MR) is 108 cm³/mol. The Balaban J connectivity index is 1.64. The Bertz CT molecular complexity index is 902. The van der Waals surface area contributed by atoms with Crippen LogP contribution in [0.3, 0.4) is 0 Å². The van der Waals surface area contributed by atoms with E-state index in [0.717, 1.165) is 5.56 Å². The van der Waals surface area contributed by atoms with E-state index in [2.05, 4.69) is 15.6 Å². The SMILES string of the molecule is Cc1cc(Cl)ccc1NC(=O)C[C@H]1SC(=Nc2ccccc2Cl)NC1=O. The summed E-state index contributed by atoms with van der Waals surface area (Å²) >= 11 is 13.2. The fraction of sp³-hybridized carbons (Fsp3) is 0.167. The maximum absolute atomic E-state index is 12.3. The van der Waals surface area contributed by atoms with E-state index in [1.165, 1.54) is 11.8 Å². The molecule has 0 unspecified atom stereocenters. The van der Waals surface area contributed by atoms with Crippen LogP contribution in [0.2, 0.25) is 10.0 Å². The average molecular weight is 408 g/mol. The second-order valence-corrected chi connectivity index (χ2v) is 7.71. The summed E-state index contributed by atoms with van der Waals surface area (Å²) in [7, 11) is 0. The molecular formula is C18H15Cl2N3O2S. The summed E-state index contributed by atoms with van der Waals surface area (Å²) in [6.45, 7) is 1.85. The number of carbonyl (C=O) groups is 2. The van der Waals surface area contributed by atoms with E-state index in [1.54, 1.807) is 36.4 Å². The fourth-order valence-electron chi connectivity index (χ4n) is 2.38. The topological polar surface area (TPSA) is 70.6 Å². The van der Waals surface area contributed by atoms with E-state index in [1.807, 2.05) is 13.0 Å². The molecule has 1 saturated heterocycles. The lowest BCUT2D eigenvalue weighted by Gasteiger charge is -2.10. The molecule has 3 rings (SSSR count). The number of amides is 2. The Morgan fingerprint density at radius 3 is 2.77 bits per heavy atom. The maximum Gasteiger partial charge on any atom is 0.240 e. The van der Waals surface area contributed by atoms with Crippen LogP contribution in [0, 0.1) is 6.92 Å². The van der Waals surface area contributed by atoms with Crippen molar-refractivity contribution in [2.24, 2.45) is 4.99 Å². The van der Waals surface area contributed by atoms with Gasteiger partial charge in [-0.2, -0.15) is 0 Å². The summed E-state index contributed by atoms with van der Waals surface area (Å²) in [4.78, 5) is 28.7. The van der Waals surface area contributed by atoms with Gasteiger partial charge >= 0.3 is 0 Å². The molecule has 1 fully saturated rings. The smallest absolute Gasteiger partial charge is 0.240 e. The molecule has 2 aromatic carbocycles. The molecule has 0 spiro atoms. The lowest BCUT2D eigenvalue weighted by molar-refractivity contribution is -0.122. The molecule has 2 amide bonds. The zero-order valence-corrected chi connectivity index (χ0v) is 16.1. The van der Waals surface area contributed by atoms with Gasteiger partial charge in [0, 0.05) is 17.1 Å². The molecule has 134 valence electrons. The Hall–Kier alpha value is -2.02. The molecule has 1 aliphatic rings. The number of nitrogens with one attached hydrogen (secondary N) is 2. The molecule has 1 aliphatic heterocycles. The van der Waals surface area contributed by atoms with Crippen molar-refractivity contribution in [3.8, 4) is 0 Å². The number of nitrogens with zero attached hydrogens (tertiary/aromatic N) is 1. The van der Waals surface area contributed by atoms with Gasteiger partial charge in [-0.15, -0.1) is 0 Å². The van der Waals surface area contributed by atoms with Gasteiger partial charge in [-0.3, -0.25) is 9.59 Å². The van der Waals surface area contributed by atoms with Crippen molar-refractivity contribution in [2.75, 3.05) is 5.32 Å². The van der Waals surface area contributed by atoms with E-state index in [9.17, 15) is 9.59 Å². The maximum atomic E-state index is 12.3. The third kappa shape index (κ3) is 4.58. The van der Waals surface area contributed by atoms with Crippen LogP contribution in [0.1, 0.15) is 12.0 Å². The lowest BCUT2D eigenvalue weighted by Crippen LogP contribution is -2.28. The van der Waals surface area contributed by atoms with Crippen molar-refractivity contribution < 1.29 is 9.59 Å². The van der Waals surface area contributed by atoms with Crippen LogP contribution < -0.4 is 10.6 Å². The van der Waals surface area contributed by atoms with Crippen molar-refractivity contribution in [1.82, 2.24) is 5.32 Å². The summed E-state index contributed by atoms with van der Waals surface area (Å²) in [5.41, 5.74) is 2.10. The highest BCUT2D eigenvalue weighted by molar-refractivity contribution is 8.15. The highest BCUT2D eigenvalue weighted by Gasteiger charge is 2.32. The number of rotatable bonds is 4. The fourth-order valence-corrected chi connectivity index (χ4v) is 3.77. The van der Waals surface area contributed by atoms with E-state index in [4.69, 9.17) is 23.2 Å². The van der Waals surface area contributed by atoms with Crippen LogP contribution in [-0.4, -0.2) is 22.2 Å². The number of para-hydroxylation sites is 1. The van der Waals surface area contributed by atoms with Gasteiger partial charge in [0.2, 0.25) is 11.8 Å². The number of hydrogen-bond acceptors (Lipinski definition) is 4. The second kappa shape index (κ2) is 8.12. The molecule has 2 N–H and O–H groups in total. The second-order valence-electron chi connectivity index (χ2n) is 5.68. The van der Waals surface area contributed by atoms with Crippen LogP contribution in [0.5, 0.6) is 0 Å². The number of anilines is 1. The largest absolute Gasteiger partial charge is 0.326 e. The first-order chi connectivity index (χ1) is 12.4. The third-order valence-corrected chi connectivity index (χ3v) is 5.32. The number of halogens is 2. The van der Waals surface area contributed by atoms with Crippen molar-refractivity contribution in [1.29, 1.82) is 0 Å². The van der Waals surface area contributed by atoms with Gasteiger partial charge in [0.25, 0.3) is 0 Å². The first-order valence-electron chi connectivity index (χ1n) is 7.79. The van der Waals surface area contributed by atoms with Gasteiger partial charge in [-0.25, -0.2) is 4.99 Å². The summed E-state index contributed by atoms with van der Waals surface area (Å²) in [6, 6.07) is 12.3. The number of amidine groups is 1. The van der Waals surface area contributed by atoms with Gasteiger partial charge in [0.05, 0.1) is 10.7 Å². The molecule has 2 aromatic rings. The van der Waals surface area contributed by atoms with Gasteiger partial charge in [-0.05, 0) is 42.8 Å². The van der Waals surface area contributed by atoms with Crippen LogP contribution in [0.15, 0.2) is 47.5 Å². The Labute approximate surface area is 165 Å². The quantitative estimate of drug-likeness (QED) is 0.780. The van der Waals surface area contributed by atoms with Crippen molar-refractivity contribution in [3.05, 3.63) is 58.1 Å². The van der Waals surface area contributed by atoms with E-state index < -0.39 is 5.25 Å². The van der Waals surface area contributed by atoms with Crippen LogP contribution in [-0.2, 0) is 9.59 Å². The lowest BCUT2D eigenvalue weighted by atomic mass is 10.2. The number of aliphatic imine (C=N–C) groups is 1. The minimum absolute atomic E-state index is 0.0418. The van der Waals surface area contributed by atoms with Gasteiger partial charge < -0.3 is 10.6 Å². The summed E-state index contributed by atoms with van der Waals surface area (Å²) in [5, 5.41) is 6.49. The minimum atomic E-state index is -0.538.